The standard InChI is InChI=1S/C18H36O2.C5H12O4.H3O4P/c1-2-3-4-5-6-7-8-9-10-11-12-13-14-15-16-17-18(19)20;6-1-5(2-7,3-8)4-9;1-5(2,3)4/h2-17H2,1H3,(H,19,20);6-9H,1-4H2;(H3,1,2,3,4). The van der Waals surface area contributed by atoms with Crippen LogP contribution in [0.5, 0.6) is 0 Å². The van der Waals surface area contributed by atoms with E-state index in [9.17, 15) is 4.79 Å². The lowest BCUT2D eigenvalue weighted by Gasteiger charge is -2.23. The molecule has 11 heteroatoms. The second-order valence-corrected chi connectivity index (χ2v) is 9.77. The fourth-order valence-electron chi connectivity index (χ4n) is 2.95. The van der Waals surface area contributed by atoms with Gasteiger partial charge in [-0.05, 0) is 6.42 Å². The van der Waals surface area contributed by atoms with Crippen molar-refractivity contribution in [2.45, 2.75) is 110 Å². The van der Waals surface area contributed by atoms with Crippen molar-refractivity contribution in [3.63, 3.8) is 0 Å². The quantitative estimate of drug-likeness (QED) is 0.0874. The van der Waals surface area contributed by atoms with Crippen LogP contribution in [0, 0.1) is 5.41 Å². The van der Waals surface area contributed by atoms with Crippen LogP contribution in [0.2, 0.25) is 0 Å². The Morgan fingerprint density at radius 2 is 0.824 bits per heavy atom. The number of aliphatic carboxylic acids is 1. The van der Waals surface area contributed by atoms with Gasteiger partial charge in [-0.1, -0.05) is 96.8 Å². The topological polar surface area (TPSA) is 196 Å². The summed E-state index contributed by atoms with van der Waals surface area (Å²) in [4.78, 5) is 31.9. The summed E-state index contributed by atoms with van der Waals surface area (Å²) in [6.07, 6.45) is 20.2. The molecule has 0 radical (unpaired) electrons. The van der Waals surface area contributed by atoms with Crippen LogP contribution < -0.4 is 0 Å². The minimum Gasteiger partial charge on any atom is -0.481 e. The molecule has 0 aromatic heterocycles. The molecule has 34 heavy (non-hydrogen) atoms. The van der Waals surface area contributed by atoms with E-state index in [1.54, 1.807) is 0 Å². The average Bonchev–Trinajstić information content (AvgIpc) is 2.77. The molecule has 10 nitrogen and oxygen atoms in total. The summed E-state index contributed by atoms with van der Waals surface area (Å²) in [5, 5.41) is 42.5. The summed E-state index contributed by atoms with van der Waals surface area (Å²) in [5.41, 5.74) is -1.11. The van der Waals surface area contributed by atoms with Crippen molar-refractivity contribution >= 4 is 13.8 Å². The molecule has 0 amide bonds. The number of hydrogen-bond donors (Lipinski definition) is 8. The smallest absolute Gasteiger partial charge is 0.466 e. The number of aliphatic hydroxyl groups excluding tert-OH is 4. The van der Waals surface area contributed by atoms with Crippen molar-refractivity contribution in [2.24, 2.45) is 5.41 Å². The molecule has 0 heterocycles. The highest BCUT2D eigenvalue weighted by molar-refractivity contribution is 7.45. The van der Waals surface area contributed by atoms with Gasteiger partial charge in [-0.2, -0.15) is 0 Å². The summed E-state index contributed by atoms with van der Waals surface area (Å²) >= 11 is 0. The fraction of sp³-hybridized carbons (Fsp3) is 0.957. The van der Waals surface area contributed by atoms with Gasteiger partial charge < -0.3 is 40.2 Å². The zero-order chi connectivity index (χ0) is 26.7. The van der Waals surface area contributed by atoms with Gasteiger partial charge in [-0.3, -0.25) is 4.79 Å². The Hall–Kier alpha value is -0.580. The maximum Gasteiger partial charge on any atom is 0.466 e. The first-order valence-corrected chi connectivity index (χ1v) is 14.0. The van der Waals surface area contributed by atoms with Gasteiger partial charge in [0.25, 0.3) is 0 Å². The van der Waals surface area contributed by atoms with E-state index < -0.39 is 45.6 Å². The summed E-state index contributed by atoms with van der Waals surface area (Å²) in [6.45, 7) is 0.645. The van der Waals surface area contributed by atoms with Crippen LogP contribution in [0.1, 0.15) is 110 Å². The Balaban J connectivity index is -0.000000563. The molecule has 0 atom stereocenters. The molecule has 0 saturated heterocycles. The molecule has 0 saturated carbocycles. The fourth-order valence-corrected chi connectivity index (χ4v) is 2.95. The monoisotopic (exact) mass is 518 g/mol. The maximum absolute atomic E-state index is 10.3. The zero-order valence-corrected chi connectivity index (χ0v) is 21.9. The van der Waals surface area contributed by atoms with Crippen molar-refractivity contribution < 1.29 is 49.6 Å². The van der Waals surface area contributed by atoms with Crippen molar-refractivity contribution in [2.75, 3.05) is 26.4 Å². The lowest BCUT2D eigenvalue weighted by molar-refractivity contribution is -0.137. The molecule has 208 valence electrons. The van der Waals surface area contributed by atoms with Crippen LogP contribution in [-0.2, 0) is 9.36 Å². The summed E-state index contributed by atoms with van der Waals surface area (Å²) in [6, 6.07) is 0. The highest BCUT2D eigenvalue weighted by atomic mass is 31.2. The third-order valence-corrected chi connectivity index (χ3v) is 5.34. The SMILES string of the molecule is CCCCCCCCCCCCCCCCCC(=O)O.O=P(O)(O)O.OCC(CO)(CO)CO. The van der Waals surface area contributed by atoms with Gasteiger partial charge in [0.05, 0.1) is 31.8 Å². The maximum atomic E-state index is 10.3. The molecule has 0 aromatic rings. The van der Waals surface area contributed by atoms with E-state index in [2.05, 4.69) is 6.92 Å². The van der Waals surface area contributed by atoms with Gasteiger partial charge in [-0.15, -0.1) is 0 Å². The molecule has 0 spiro atoms. The Bertz CT molecular complexity index is 441. The molecule has 0 fully saturated rings. The van der Waals surface area contributed by atoms with Crippen LogP contribution in [-0.4, -0.2) is 72.6 Å². The first-order chi connectivity index (χ1) is 16.0. The lowest BCUT2D eigenvalue weighted by Crippen LogP contribution is -2.37. The van der Waals surface area contributed by atoms with Gasteiger partial charge >= 0.3 is 13.8 Å². The minimum absolute atomic E-state index is 0.345. The van der Waals surface area contributed by atoms with Crippen molar-refractivity contribution in [3.05, 3.63) is 0 Å². The van der Waals surface area contributed by atoms with E-state index in [1.165, 1.54) is 83.5 Å². The zero-order valence-electron chi connectivity index (χ0n) is 21.0. The molecule has 0 aromatic carbocycles. The molecule has 0 aliphatic heterocycles. The van der Waals surface area contributed by atoms with Crippen LogP contribution in [0.4, 0.5) is 0 Å². The van der Waals surface area contributed by atoms with Gasteiger partial charge in [0.15, 0.2) is 0 Å². The number of carboxylic acids is 1. The number of aliphatic hydroxyl groups is 4. The van der Waals surface area contributed by atoms with Crippen molar-refractivity contribution in [3.8, 4) is 0 Å². The van der Waals surface area contributed by atoms with Crippen LogP contribution in [0.15, 0.2) is 0 Å². The van der Waals surface area contributed by atoms with Gasteiger partial charge in [0, 0.05) is 6.42 Å². The summed E-state index contributed by atoms with van der Waals surface area (Å²) in [7, 11) is -4.64. The third kappa shape index (κ3) is 36.0. The predicted octanol–water partition coefficient (Wildman–Crippen LogP) is 3.35. The van der Waals surface area contributed by atoms with E-state index >= 15 is 0 Å². The number of phosphoric acid groups is 1. The second kappa shape index (κ2) is 27.0. The number of rotatable bonds is 20. The predicted molar refractivity (Wildman–Crippen MR) is 132 cm³/mol. The number of carboxylic acid groups (broad SMARTS) is 1. The Morgan fingerprint density at radius 3 is 1.00 bits per heavy atom. The van der Waals surface area contributed by atoms with Gasteiger partial charge in [0.2, 0.25) is 0 Å². The molecule has 0 aliphatic carbocycles. The Morgan fingerprint density at radius 1 is 0.588 bits per heavy atom. The van der Waals surface area contributed by atoms with E-state index in [-0.39, 0.29) is 0 Å². The van der Waals surface area contributed by atoms with Crippen LogP contribution in [0.25, 0.3) is 0 Å². The lowest BCUT2D eigenvalue weighted by atomic mass is 9.93. The van der Waals surface area contributed by atoms with Crippen LogP contribution >= 0.6 is 7.82 Å². The molecule has 0 rings (SSSR count). The average molecular weight is 519 g/mol. The van der Waals surface area contributed by atoms with Crippen LogP contribution in [0.3, 0.4) is 0 Å². The molecular weight excluding hydrogens is 467 g/mol. The Labute approximate surface area is 205 Å². The number of carbonyl (C=O) groups is 1. The second-order valence-electron chi connectivity index (χ2n) is 8.74. The van der Waals surface area contributed by atoms with Crippen molar-refractivity contribution in [1.82, 2.24) is 0 Å². The normalized spacial score (nSPS) is 11.3. The van der Waals surface area contributed by atoms with E-state index in [0.29, 0.717) is 6.42 Å². The van der Waals surface area contributed by atoms with E-state index in [0.717, 1.165) is 12.8 Å². The Kier molecular flexibility index (Phi) is 30.2. The largest absolute Gasteiger partial charge is 0.481 e. The van der Waals surface area contributed by atoms with E-state index in [4.69, 9.17) is 44.8 Å². The first kappa shape index (κ1) is 38.0. The van der Waals surface area contributed by atoms with Gasteiger partial charge in [0.1, 0.15) is 0 Å². The first-order valence-electron chi connectivity index (χ1n) is 12.5. The highest BCUT2D eigenvalue weighted by Gasteiger charge is 2.26. The highest BCUT2D eigenvalue weighted by Crippen LogP contribution is 2.25. The molecule has 0 aliphatic rings. The van der Waals surface area contributed by atoms with Crippen molar-refractivity contribution in [1.29, 1.82) is 0 Å². The molecule has 8 N–H and O–H groups in total. The van der Waals surface area contributed by atoms with Gasteiger partial charge in [-0.25, -0.2) is 4.57 Å². The third-order valence-electron chi connectivity index (χ3n) is 5.34. The molecule has 0 bridgehead atoms. The number of hydrogen-bond acceptors (Lipinski definition) is 6. The summed E-state index contributed by atoms with van der Waals surface area (Å²) in [5.74, 6) is -0.653. The number of unbranched alkanes of at least 4 members (excludes halogenated alkanes) is 14. The summed E-state index contributed by atoms with van der Waals surface area (Å²) < 4.78 is 8.88. The van der Waals surface area contributed by atoms with E-state index in [1.807, 2.05) is 0 Å². The molecule has 0 unspecified atom stereocenters. The minimum atomic E-state index is -4.64. The molecular formula is C23H51O10P.